The summed E-state index contributed by atoms with van der Waals surface area (Å²) < 4.78 is 5.38. The molecule has 4 nitrogen and oxygen atoms in total. The molecule has 1 saturated carbocycles. The molecule has 0 saturated heterocycles. The molecule has 1 N–H and O–H groups in total. The zero-order chi connectivity index (χ0) is 18.1. The molecular weight excluding hydrogens is 316 g/mol. The molecule has 25 heavy (non-hydrogen) atoms. The van der Waals surface area contributed by atoms with Gasteiger partial charge in [0.1, 0.15) is 11.5 Å². The minimum absolute atomic E-state index is 0.0516. The van der Waals surface area contributed by atoms with Gasteiger partial charge in [-0.1, -0.05) is 45.4 Å². The van der Waals surface area contributed by atoms with E-state index in [9.17, 15) is 14.7 Å². The van der Waals surface area contributed by atoms with Gasteiger partial charge in [-0.15, -0.1) is 0 Å². The number of carbonyl (C=O) groups is 2. The van der Waals surface area contributed by atoms with Crippen molar-refractivity contribution in [1.29, 1.82) is 0 Å². The number of phenols is 1. The highest BCUT2D eigenvalue weighted by Gasteiger charge is 2.27. The van der Waals surface area contributed by atoms with Crippen molar-refractivity contribution in [2.24, 2.45) is 11.8 Å². The summed E-state index contributed by atoms with van der Waals surface area (Å²) in [7, 11) is 0. The highest BCUT2D eigenvalue weighted by molar-refractivity contribution is 5.80. The summed E-state index contributed by atoms with van der Waals surface area (Å²) >= 11 is 0. The number of phenolic OH excluding ortho intramolecular Hbond substituents is 1. The zero-order valence-corrected chi connectivity index (χ0v) is 15.2. The Kier molecular flexibility index (Phi) is 7.96. The molecule has 0 heterocycles. The third-order valence-electron chi connectivity index (χ3n) is 5.24. The number of aldehydes is 1. The molecule has 1 aliphatic rings. The quantitative estimate of drug-likeness (QED) is 0.286. The van der Waals surface area contributed by atoms with Gasteiger partial charge in [0, 0.05) is 6.07 Å². The number of hydrogen-bond donors (Lipinski definition) is 1. The van der Waals surface area contributed by atoms with Crippen molar-refractivity contribution in [1.82, 2.24) is 0 Å². The van der Waals surface area contributed by atoms with Crippen LogP contribution < -0.4 is 4.74 Å². The third kappa shape index (κ3) is 6.18. The van der Waals surface area contributed by atoms with Gasteiger partial charge in [-0.2, -0.15) is 0 Å². The molecule has 0 amide bonds. The fraction of sp³-hybridized carbons (Fsp3) is 0.619. The highest BCUT2D eigenvalue weighted by atomic mass is 16.5. The number of ether oxygens (including phenoxy) is 1. The van der Waals surface area contributed by atoms with Crippen molar-refractivity contribution in [3.8, 4) is 11.5 Å². The molecule has 1 fully saturated rings. The average Bonchev–Trinajstić information content (AvgIpc) is 2.62. The van der Waals surface area contributed by atoms with Crippen LogP contribution in [0.5, 0.6) is 11.5 Å². The van der Waals surface area contributed by atoms with Gasteiger partial charge >= 0.3 is 5.97 Å². The number of rotatable bonds is 9. The fourth-order valence-electron chi connectivity index (χ4n) is 3.61. The molecule has 0 radical (unpaired) electrons. The molecule has 138 valence electrons. The molecule has 0 spiro atoms. The summed E-state index contributed by atoms with van der Waals surface area (Å²) in [6.45, 7) is 2.23. The molecule has 0 unspecified atom stereocenters. The van der Waals surface area contributed by atoms with Crippen molar-refractivity contribution in [3.05, 3.63) is 23.8 Å². The first kappa shape index (κ1) is 19.5. The van der Waals surface area contributed by atoms with E-state index in [4.69, 9.17) is 4.74 Å². The first-order chi connectivity index (χ1) is 12.1. The Labute approximate surface area is 150 Å². The second kappa shape index (κ2) is 10.2. The smallest absolute Gasteiger partial charge is 0.314 e. The normalized spacial score (nSPS) is 20.2. The molecule has 0 atom stereocenters. The van der Waals surface area contributed by atoms with Gasteiger partial charge in [0.15, 0.2) is 6.29 Å². The Morgan fingerprint density at radius 1 is 1.16 bits per heavy atom. The summed E-state index contributed by atoms with van der Waals surface area (Å²) in [4.78, 5) is 23.0. The van der Waals surface area contributed by atoms with Crippen LogP contribution in [0.1, 0.15) is 81.5 Å². The number of aromatic hydroxyl groups is 1. The minimum Gasteiger partial charge on any atom is -0.507 e. The first-order valence-corrected chi connectivity index (χ1v) is 9.64. The van der Waals surface area contributed by atoms with Gasteiger partial charge < -0.3 is 9.84 Å². The van der Waals surface area contributed by atoms with Gasteiger partial charge in [0.2, 0.25) is 0 Å². The Bertz CT molecular complexity index is 559. The summed E-state index contributed by atoms with van der Waals surface area (Å²) in [5, 5.41) is 9.66. The monoisotopic (exact) mass is 346 g/mol. The Morgan fingerprint density at radius 3 is 2.52 bits per heavy atom. The van der Waals surface area contributed by atoms with Crippen molar-refractivity contribution in [2.75, 3.05) is 0 Å². The van der Waals surface area contributed by atoms with Crippen LogP contribution in [0.4, 0.5) is 0 Å². The molecule has 1 aromatic rings. The molecule has 4 heteroatoms. The fourth-order valence-corrected chi connectivity index (χ4v) is 3.61. The van der Waals surface area contributed by atoms with Gasteiger partial charge in [-0.05, 0) is 43.7 Å². The summed E-state index contributed by atoms with van der Waals surface area (Å²) in [6.07, 6.45) is 12.4. The highest BCUT2D eigenvalue weighted by Crippen LogP contribution is 2.33. The maximum Gasteiger partial charge on any atom is 0.314 e. The van der Waals surface area contributed by atoms with E-state index in [2.05, 4.69) is 6.92 Å². The van der Waals surface area contributed by atoms with Crippen LogP contribution in [0, 0.1) is 11.8 Å². The lowest BCUT2D eigenvalue weighted by Gasteiger charge is -2.27. The molecule has 0 bridgehead atoms. The second-order valence-corrected chi connectivity index (χ2v) is 7.18. The van der Waals surface area contributed by atoms with Crippen LogP contribution in [0.3, 0.4) is 0 Å². The van der Waals surface area contributed by atoms with Gasteiger partial charge in [0.05, 0.1) is 11.5 Å². The minimum atomic E-state index is -0.223. The molecule has 1 aliphatic carbocycles. The van der Waals surface area contributed by atoms with Crippen LogP contribution in [0.25, 0.3) is 0 Å². The predicted octanol–water partition coefficient (Wildman–Crippen LogP) is 5.28. The first-order valence-electron chi connectivity index (χ1n) is 9.64. The maximum absolute atomic E-state index is 12.3. The maximum atomic E-state index is 12.3. The van der Waals surface area contributed by atoms with E-state index < -0.39 is 0 Å². The van der Waals surface area contributed by atoms with E-state index in [1.54, 1.807) is 6.07 Å². The Hall–Kier alpha value is -1.84. The number of hydrogen-bond acceptors (Lipinski definition) is 4. The van der Waals surface area contributed by atoms with E-state index in [0.717, 1.165) is 31.6 Å². The summed E-state index contributed by atoms with van der Waals surface area (Å²) in [6, 6.07) is 4.33. The Morgan fingerprint density at radius 2 is 1.88 bits per heavy atom. The van der Waals surface area contributed by atoms with Gasteiger partial charge in [-0.25, -0.2) is 0 Å². The zero-order valence-electron chi connectivity index (χ0n) is 15.2. The number of unbranched alkanes of at least 4 members (excludes halogenated alkanes) is 4. The van der Waals surface area contributed by atoms with Crippen molar-refractivity contribution >= 4 is 12.3 Å². The number of esters is 1. The van der Waals surface area contributed by atoms with Crippen LogP contribution in [0.2, 0.25) is 0 Å². The molecule has 2 rings (SSSR count). The summed E-state index contributed by atoms with van der Waals surface area (Å²) in [5.41, 5.74) is 0.194. The molecular formula is C21H30O4. The average molecular weight is 346 g/mol. The standard InChI is InChI=1S/C21H30O4/c1-2-3-4-5-6-7-16-8-10-17(11-9-16)21(24)25-19-13-12-18(15-22)20(23)14-19/h12-17,23H,2-11H2,1H3. The van der Waals surface area contributed by atoms with Gasteiger partial charge in [-0.3, -0.25) is 9.59 Å². The van der Waals surface area contributed by atoms with Crippen molar-refractivity contribution in [2.45, 2.75) is 71.1 Å². The lowest BCUT2D eigenvalue weighted by molar-refractivity contribution is -0.140. The third-order valence-corrected chi connectivity index (χ3v) is 5.24. The van der Waals surface area contributed by atoms with Crippen molar-refractivity contribution < 1.29 is 19.4 Å². The number of carbonyl (C=O) groups excluding carboxylic acids is 2. The molecule has 0 aliphatic heterocycles. The van der Waals surface area contributed by atoms with Crippen LogP contribution in [-0.4, -0.2) is 17.4 Å². The SMILES string of the molecule is CCCCCCCC1CCC(C(=O)Oc2ccc(C=O)c(O)c2)CC1. The largest absolute Gasteiger partial charge is 0.507 e. The van der Waals surface area contributed by atoms with E-state index in [0.29, 0.717) is 12.0 Å². The molecule has 0 aromatic heterocycles. The predicted molar refractivity (Wildman–Crippen MR) is 98.0 cm³/mol. The second-order valence-electron chi connectivity index (χ2n) is 7.18. The molecule has 1 aromatic carbocycles. The van der Waals surface area contributed by atoms with Crippen LogP contribution in [-0.2, 0) is 4.79 Å². The van der Waals surface area contributed by atoms with Crippen LogP contribution in [0.15, 0.2) is 18.2 Å². The van der Waals surface area contributed by atoms with E-state index in [1.165, 1.54) is 50.7 Å². The van der Waals surface area contributed by atoms with E-state index >= 15 is 0 Å². The van der Waals surface area contributed by atoms with Crippen LogP contribution >= 0.6 is 0 Å². The van der Waals surface area contributed by atoms with Crippen molar-refractivity contribution in [3.63, 3.8) is 0 Å². The number of benzene rings is 1. The van der Waals surface area contributed by atoms with E-state index in [-0.39, 0.29) is 23.2 Å². The Balaban J connectivity index is 1.72. The van der Waals surface area contributed by atoms with Gasteiger partial charge in [0.25, 0.3) is 0 Å². The van der Waals surface area contributed by atoms with E-state index in [1.807, 2.05) is 0 Å². The lowest BCUT2D eigenvalue weighted by Crippen LogP contribution is -2.25. The lowest BCUT2D eigenvalue weighted by atomic mass is 9.80. The topological polar surface area (TPSA) is 63.6 Å². The summed E-state index contributed by atoms with van der Waals surface area (Å²) in [5.74, 6) is 0.615.